The van der Waals surface area contributed by atoms with E-state index >= 15 is 0 Å². The Bertz CT molecular complexity index is 110. The molecule has 0 heterocycles. The molecular formula is C9H19NO. The van der Waals surface area contributed by atoms with E-state index < -0.39 is 0 Å². The van der Waals surface area contributed by atoms with Crippen molar-refractivity contribution in [2.75, 3.05) is 6.61 Å². The predicted octanol–water partition coefficient (Wildman–Crippen LogP) is 1.15. The summed E-state index contributed by atoms with van der Waals surface area (Å²) in [6, 6.07) is 1.28. The summed E-state index contributed by atoms with van der Waals surface area (Å²) in [5, 5.41) is 12.3. The van der Waals surface area contributed by atoms with Gasteiger partial charge < -0.3 is 10.4 Å². The molecule has 0 aliphatic heterocycles. The highest BCUT2D eigenvalue weighted by atomic mass is 16.3. The van der Waals surface area contributed by atoms with Crippen molar-refractivity contribution in [2.24, 2.45) is 5.92 Å². The number of aliphatic hydroxyl groups is 1. The van der Waals surface area contributed by atoms with Crippen LogP contribution in [-0.4, -0.2) is 23.8 Å². The SMILES string of the molecule is CC(C)C(CCO)NC1CC1. The summed E-state index contributed by atoms with van der Waals surface area (Å²) in [6.45, 7) is 4.72. The second-order valence-corrected chi connectivity index (χ2v) is 3.80. The number of nitrogens with one attached hydrogen (secondary N) is 1. The summed E-state index contributed by atoms with van der Waals surface area (Å²) < 4.78 is 0. The van der Waals surface area contributed by atoms with Gasteiger partial charge in [-0.3, -0.25) is 0 Å². The van der Waals surface area contributed by atoms with Crippen LogP contribution in [0.15, 0.2) is 0 Å². The minimum Gasteiger partial charge on any atom is -0.396 e. The fourth-order valence-electron chi connectivity index (χ4n) is 1.30. The molecule has 0 aromatic rings. The van der Waals surface area contributed by atoms with Crippen LogP contribution in [-0.2, 0) is 0 Å². The van der Waals surface area contributed by atoms with E-state index in [2.05, 4.69) is 19.2 Å². The first kappa shape index (κ1) is 9.01. The molecule has 0 aromatic heterocycles. The van der Waals surface area contributed by atoms with Gasteiger partial charge in [0.25, 0.3) is 0 Å². The Kier molecular flexibility index (Phi) is 3.34. The molecule has 1 rings (SSSR count). The van der Waals surface area contributed by atoms with Crippen molar-refractivity contribution in [3.8, 4) is 0 Å². The van der Waals surface area contributed by atoms with E-state index in [1.54, 1.807) is 0 Å². The Balaban J connectivity index is 2.19. The summed E-state index contributed by atoms with van der Waals surface area (Å²) in [6.07, 6.45) is 3.55. The van der Waals surface area contributed by atoms with Gasteiger partial charge in [0.2, 0.25) is 0 Å². The van der Waals surface area contributed by atoms with Gasteiger partial charge in [0, 0.05) is 18.7 Å². The highest BCUT2D eigenvalue weighted by molar-refractivity contribution is 4.85. The van der Waals surface area contributed by atoms with E-state index in [0.29, 0.717) is 18.6 Å². The van der Waals surface area contributed by atoms with Crippen molar-refractivity contribution in [2.45, 2.75) is 45.2 Å². The third-order valence-corrected chi connectivity index (χ3v) is 2.27. The highest BCUT2D eigenvalue weighted by Gasteiger charge is 2.25. The third-order valence-electron chi connectivity index (χ3n) is 2.27. The van der Waals surface area contributed by atoms with E-state index in [1.807, 2.05) is 0 Å². The van der Waals surface area contributed by atoms with Crippen LogP contribution in [0.2, 0.25) is 0 Å². The number of hydrogen-bond donors (Lipinski definition) is 2. The maximum Gasteiger partial charge on any atom is 0.0445 e. The first-order chi connectivity index (χ1) is 5.24. The molecule has 1 atom stereocenters. The lowest BCUT2D eigenvalue weighted by Gasteiger charge is -2.21. The van der Waals surface area contributed by atoms with Gasteiger partial charge in [0.15, 0.2) is 0 Å². The zero-order valence-corrected chi connectivity index (χ0v) is 7.51. The molecule has 1 unspecified atom stereocenters. The van der Waals surface area contributed by atoms with Crippen LogP contribution in [0, 0.1) is 5.92 Å². The molecule has 0 spiro atoms. The van der Waals surface area contributed by atoms with Crippen molar-refractivity contribution in [1.82, 2.24) is 5.32 Å². The third kappa shape index (κ3) is 3.21. The largest absolute Gasteiger partial charge is 0.396 e. The fraction of sp³-hybridized carbons (Fsp3) is 1.00. The highest BCUT2D eigenvalue weighted by Crippen LogP contribution is 2.21. The van der Waals surface area contributed by atoms with Gasteiger partial charge in [-0.2, -0.15) is 0 Å². The van der Waals surface area contributed by atoms with Gasteiger partial charge in [-0.05, 0) is 25.2 Å². The number of hydrogen-bond acceptors (Lipinski definition) is 2. The van der Waals surface area contributed by atoms with Gasteiger partial charge in [-0.25, -0.2) is 0 Å². The molecule has 0 amide bonds. The van der Waals surface area contributed by atoms with Crippen molar-refractivity contribution in [3.63, 3.8) is 0 Å². The monoisotopic (exact) mass is 157 g/mol. The molecule has 1 aliphatic rings. The molecular weight excluding hydrogens is 138 g/mol. The molecule has 0 bridgehead atoms. The molecule has 1 fully saturated rings. The van der Waals surface area contributed by atoms with Crippen LogP contribution >= 0.6 is 0 Å². The van der Waals surface area contributed by atoms with Gasteiger partial charge in [0.05, 0.1) is 0 Å². The molecule has 0 saturated heterocycles. The first-order valence-electron chi connectivity index (χ1n) is 4.61. The Morgan fingerprint density at radius 2 is 2.09 bits per heavy atom. The average Bonchev–Trinajstić information content (AvgIpc) is 2.70. The van der Waals surface area contributed by atoms with E-state index in [9.17, 15) is 0 Å². The first-order valence-corrected chi connectivity index (χ1v) is 4.61. The topological polar surface area (TPSA) is 32.3 Å². The number of rotatable bonds is 5. The maximum absolute atomic E-state index is 8.78. The van der Waals surface area contributed by atoms with Crippen LogP contribution in [0.5, 0.6) is 0 Å². The minimum absolute atomic E-state index is 0.308. The smallest absolute Gasteiger partial charge is 0.0445 e. The lowest BCUT2D eigenvalue weighted by Crippen LogP contribution is -2.36. The van der Waals surface area contributed by atoms with Crippen LogP contribution in [0.25, 0.3) is 0 Å². The molecule has 11 heavy (non-hydrogen) atoms. The normalized spacial score (nSPS) is 20.7. The Morgan fingerprint density at radius 1 is 1.45 bits per heavy atom. The molecule has 66 valence electrons. The minimum atomic E-state index is 0.308. The van der Waals surface area contributed by atoms with Crippen LogP contribution in [0.4, 0.5) is 0 Å². The van der Waals surface area contributed by atoms with Crippen LogP contribution in [0.3, 0.4) is 0 Å². The quantitative estimate of drug-likeness (QED) is 0.627. The van der Waals surface area contributed by atoms with E-state index in [1.165, 1.54) is 12.8 Å². The maximum atomic E-state index is 8.78. The molecule has 0 radical (unpaired) electrons. The predicted molar refractivity (Wildman–Crippen MR) is 46.5 cm³/mol. The summed E-state index contributed by atoms with van der Waals surface area (Å²) in [5.41, 5.74) is 0. The van der Waals surface area contributed by atoms with Crippen molar-refractivity contribution >= 4 is 0 Å². The van der Waals surface area contributed by atoms with E-state index in [4.69, 9.17) is 5.11 Å². The van der Waals surface area contributed by atoms with Crippen LogP contribution in [0.1, 0.15) is 33.1 Å². The zero-order valence-electron chi connectivity index (χ0n) is 7.51. The molecule has 2 nitrogen and oxygen atoms in total. The van der Waals surface area contributed by atoms with Crippen molar-refractivity contribution in [1.29, 1.82) is 0 Å². The molecule has 1 saturated carbocycles. The Labute approximate surface area is 69.0 Å². The number of aliphatic hydroxyl groups excluding tert-OH is 1. The second-order valence-electron chi connectivity index (χ2n) is 3.80. The lowest BCUT2D eigenvalue weighted by molar-refractivity contribution is 0.243. The summed E-state index contributed by atoms with van der Waals surface area (Å²) >= 11 is 0. The summed E-state index contributed by atoms with van der Waals surface area (Å²) in [5.74, 6) is 0.641. The Hall–Kier alpha value is -0.0800. The average molecular weight is 157 g/mol. The molecule has 1 aliphatic carbocycles. The lowest BCUT2D eigenvalue weighted by atomic mass is 10.0. The van der Waals surface area contributed by atoms with Gasteiger partial charge in [0.1, 0.15) is 0 Å². The van der Waals surface area contributed by atoms with Crippen molar-refractivity contribution < 1.29 is 5.11 Å². The summed E-state index contributed by atoms with van der Waals surface area (Å²) in [7, 11) is 0. The van der Waals surface area contributed by atoms with Crippen LogP contribution < -0.4 is 5.32 Å². The Morgan fingerprint density at radius 3 is 2.45 bits per heavy atom. The van der Waals surface area contributed by atoms with Gasteiger partial charge in [-0.1, -0.05) is 13.8 Å². The molecule has 2 heteroatoms. The molecule has 2 N–H and O–H groups in total. The molecule has 0 aromatic carbocycles. The standard InChI is InChI=1S/C9H19NO/c1-7(2)9(5-6-11)10-8-3-4-8/h7-11H,3-6H2,1-2H3. The van der Waals surface area contributed by atoms with E-state index in [0.717, 1.165) is 12.5 Å². The fourth-order valence-corrected chi connectivity index (χ4v) is 1.30. The zero-order chi connectivity index (χ0) is 8.27. The summed E-state index contributed by atoms with van der Waals surface area (Å²) in [4.78, 5) is 0. The van der Waals surface area contributed by atoms with E-state index in [-0.39, 0.29) is 0 Å². The second kappa shape index (κ2) is 4.07. The van der Waals surface area contributed by atoms with Gasteiger partial charge >= 0.3 is 0 Å². The van der Waals surface area contributed by atoms with Gasteiger partial charge in [-0.15, -0.1) is 0 Å². The van der Waals surface area contributed by atoms with Crippen molar-refractivity contribution in [3.05, 3.63) is 0 Å².